The maximum absolute atomic E-state index is 13.9. The molecule has 32 heavy (non-hydrogen) atoms. The minimum atomic E-state index is -0.791. The van der Waals surface area contributed by atoms with Crippen LogP contribution in [-0.2, 0) is 0 Å². The van der Waals surface area contributed by atoms with E-state index < -0.39 is 17.5 Å². The van der Waals surface area contributed by atoms with Crippen LogP contribution in [0.25, 0.3) is 16.9 Å². The molecule has 2 aromatic heterocycles. The normalized spacial score (nSPS) is 14.7. The molecule has 0 radical (unpaired) electrons. The van der Waals surface area contributed by atoms with Crippen LogP contribution in [0.1, 0.15) is 34.8 Å². The Hall–Kier alpha value is -3.72. The summed E-state index contributed by atoms with van der Waals surface area (Å²) >= 11 is 0. The summed E-state index contributed by atoms with van der Waals surface area (Å²) in [6.07, 6.45) is 3.79. The van der Waals surface area contributed by atoms with Crippen molar-refractivity contribution in [3.05, 3.63) is 71.6 Å². The number of rotatable bonds is 5. The molecule has 1 amide bonds. The van der Waals surface area contributed by atoms with Crippen LogP contribution in [0.4, 0.5) is 8.78 Å². The van der Waals surface area contributed by atoms with Crippen molar-refractivity contribution in [2.45, 2.75) is 18.8 Å². The number of carbonyl (C=O) groups is 1. The van der Waals surface area contributed by atoms with Gasteiger partial charge >= 0.3 is 0 Å². The first-order valence-corrected chi connectivity index (χ1v) is 10.3. The maximum atomic E-state index is 13.9. The second-order valence-corrected chi connectivity index (χ2v) is 7.80. The SMILES string of the molecule is NC(=O)c1c(-c2ccc(Oc3ccc(F)cc3F)cc2)[nH]c2c(C3CCNCC3)cnn12. The number of imidazole rings is 1. The van der Waals surface area contributed by atoms with Crippen molar-refractivity contribution >= 4 is 11.6 Å². The second kappa shape index (κ2) is 8.08. The van der Waals surface area contributed by atoms with Crippen LogP contribution in [0, 0.1) is 11.6 Å². The van der Waals surface area contributed by atoms with Crippen LogP contribution < -0.4 is 15.8 Å². The summed E-state index contributed by atoms with van der Waals surface area (Å²) in [5.41, 5.74) is 9.02. The minimum Gasteiger partial charge on any atom is -0.454 e. The number of hydrogen-bond donors (Lipinski definition) is 3. The van der Waals surface area contributed by atoms with E-state index in [1.54, 1.807) is 35.0 Å². The molecule has 1 aliphatic rings. The lowest BCUT2D eigenvalue weighted by Gasteiger charge is -2.21. The van der Waals surface area contributed by atoms with Crippen LogP contribution in [-0.4, -0.2) is 33.6 Å². The van der Waals surface area contributed by atoms with E-state index in [4.69, 9.17) is 10.5 Å². The number of halogens is 2. The molecule has 0 saturated carbocycles. The van der Waals surface area contributed by atoms with Gasteiger partial charge < -0.3 is 20.8 Å². The third-order valence-electron chi connectivity index (χ3n) is 5.77. The molecule has 3 heterocycles. The number of benzene rings is 2. The Morgan fingerprint density at radius 2 is 1.88 bits per heavy atom. The van der Waals surface area contributed by atoms with Crippen molar-refractivity contribution in [2.75, 3.05) is 13.1 Å². The molecule has 1 fully saturated rings. The third-order valence-corrected chi connectivity index (χ3v) is 5.77. The number of amides is 1. The van der Waals surface area contributed by atoms with E-state index in [9.17, 15) is 13.6 Å². The average molecular weight is 437 g/mol. The van der Waals surface area contributed by atoms with Gasteiger partial charge in [0.25, 0.3) is 5.91 Å². The molecule has 0 atom stereocenters. The van der Waals surface area contributed by atoms with E-state index in [0.717, 1.165) is 49.3 Å². The summed E-state index contributed by atoms with van der Waals surface area (Å²) < 4.78 is 34.0. The standard InChI is InChI=1S/C23H21F2N5O2/c24-15-3-6-19(18(25)11-15)32-16-4-1-14(2-5-16)20-21(22(26)31)30-23(29-20)17(12-28-30)13-7-9-27-10-8-13/h1-6,11-13,27,29H,7-10H2,(H2,26,31). The number of H-pyrrole nitrogens is 1. The summed E-state index contributed by atoms with van der Waals surface area (Å²) in [5, 5.41) is 7.77. The zero-order valence-corrected chi connectivity index (χ0v) is 17.1. The van der Waals surface area contributed by atoms with E-state index in [-0.39, 0.29) is 11.4 Å². The quantitative estimate of drug-likeness (QED) is 0.440. The predicted molar refractivity (Wildman–Crippen MR) is 115 cm³/mol. The van der Waals surface area contributed by atoms with Gasteiger partial charge in [-0.1, -0.05) is 0 Å². The number of fused-ring (bicyclic) bond motifs is 1. The van der Waals surface area contributed by atoms with Crippen molar-refractivity contribution in [3.8, 4) is 22.8 Å². The highest BCUT2D eigenvalue weighted by Gasteiger charge is 2.25. The molecule has 0 unspecified atom stereocenters. The topological polar surface area (TPSA) is 97.4 Å². The predicted octanol–water partition coefficient (Wildman–Crippen LogP) is 3.97. The van der Waals surface area contributed by atoms with Crippen molar-refractivity contribution in [1.82, 2.24) is 19.9 Å². The number of nitrogens with two attached hydrogens (primary N) is 1. The number of ether oxygens (including phenoxy) is 1. The number of carbonyl (C=O) groups excluding carboxylic acids is 1. The zero-order chi connectivity index (χ0) is 22.2. The largest absolute Gasteiger partial charge is 0.454 e. The van der Waals surface area contributed by atoms with E-state index in [1.165, 1.54) is 6.07 Å². The van der Waals surface area contributed by atoms with Crippen molar-refractivity contribution in [3.63, 3.8) is 0 Å². The Bertz CT molecular complexity index is 1290. The summed E-state index contributed by atoms with van der Waals surface area (Å²) in [6, 6.07) is 9.86. The van der Waals surface area contributed by atoms with Gasteiger partial charge in [-0.05, 0) is 68.2 Å². The molecule has 0 spiro atoms. The average Bonchev–Trinajstić information content (AvgIpc) is 3.36. The Morgan fingerprint density at radius 1 is 1.12 bits per heavy atom. The van der Waals surface area contributed by atoms with Gasteiger partial charge in [0.15, 0.2) is 17.3 Å². The van der Waals surface area contributed by atoms with Crippen LogP contribution >= 0.6 is 0 Å². The van der Waals surface area contributed by atoms with Crippen molar-refractivity contribution in [2.24, 2.45) is 5.73 Å². The van der Waals surface area contributed by atoms with Crippen molar-refractivity contribution < 1.29 is 18.3 Å². The molecule has 4 N–H and O–H groups in total. The highest BCUT2D eigenvalue weighted by atomic mass is 19.1. The number of piperidine rings is 1. The molecule has 0 bridgehead atoms. The monoisotopic (exact) mass is 437 g/mol. The highest BCUT2D eigenvalue weighted by Crippen LogP contribution is 2.33. The van der Waals surface area contributed by atoms with E-state index in [0.29, 0.717) is 22.9 Å². The van der Waals surface area contributed by atoms with E-state index in [1.807, 2.05) is 0 Å². The van der Waals surface area contributed by atoms with Gasteiger partial charge in [-0.2, -0.15) is 5.10 Å². The number of nitrogens with one attached hydrogen (secondary N) is 2. The van der Waals surface area contributed by atoms with Gasteiger partial charge in [-0.3, -0.25) is 4.79 Å². The molecule has 5 rings (SSSR count). The van der Waals surface area contributed by atoms with Gasteiger partial charge in [0, 0.05) is 17.2 Å². The lowest BCUT2D eigenvalue weighted by atomic mass is 9.92. The fourth-order valence-electron chi connectivity index (χ4n) is 4.18. The molecule has 4 aromatic rings. The fraction of sp³-hybridized carbons (Fsp3) is 0.217. The van der Waals surface area contributed by atoms with Crippen LogP contribution in [0.3, 0.4) is 0 Å². The molecule has 9 heteroatoms. The first-order chi connectivity index (χ1) is 15.5. The van der Waals surface area contributed by atoms with Gasteiger partial charge in [-0.25, -0.2) is 13.3 Å². The highest BCUT2D eigenvalue weighted by molar-refractivity contribution is 5.98. The van der Waals surface area contributed by atoms with Gasteiger partial charge in [0.2, 0.25) is 0 Å². The summed E-state index contributed by atoms with van der Waals surface area (Å²) in [6.45, 7) is 1.88. The number of primary amides is 1. The molecule has 2 aromatic carbocycles. The van der Waals surface area contributed by atoms with Gasteiger partial charge in [0.05, 0.1) is 11.9 Å². The van der Waals surface area contributed by atoms with Gasteiger partial charge in [0.1, 0.15) is 17.2 Å². The second-order valence-electron chi connectivity index (χ2n) is 7.80. The lowest BCUT2D eigenvalue weighted by Crippen LogP contribution is -2.26. The number of aromatic amines is 1. The molecule has 1 saturated heterocycles. The minimum absolute atomic E-state index is 0.0815. The smallest absolute Gasteiger partial charge is 0.269 e. The molecular formula is C23H21F2N5O2. The summed E-state index contributed by atoms with van der Waals surface area (Å²) in [5.74, 6) is -1.43. The molecular weight excluding hydrogens is 416 g/mol. The number of hydrogen-bond acceptors (Lipinski definition) is 4. The molecule has 1 aliphatic heterocycles. The summed E-state index contributed by atoms with van der Waals surface area (Å²) in [7, 11) is 0. The van der Waals surface area contributed by atoms with Crippen LogP contribution in [0.2, 0.25) is 0 Å². The van der Waals surface area contributed by atoms with Crippen LogP contribution in [0.15, 0.2) is 48.7 Å². The molecule has 7 nitrogen and oxygen atoms in total. The summed E-state index contributed by atoms with van der Waals surface area (Å²) in [4.78, 5) is 15.6. The molecule has 0 aliphatic carbocycles. The first-order valence-electron chi connectivity index (χ1n) is 10.3. The molecule has 164 valence electrons. The third kappa shape index (κ3) is 3.60. The first kappa shape index (κ1) is 20.2. The Labute approximate surface area is 182 Å². The van der Waals surface area contributed by atoms with Crippen molar-refractivity contribution in [1.29, 1.82) is 0 Å². The maximum Gasteiger partial charge on any atom is 0.269 e. The van der Waals surface area contributed by atoms with E-state index in [2.05, 4.69) is 15.4 Å². The van der Waals surface area contributed by atoms with Gasteiger partial charge in [-0.15, -0.1) is 0 Å². The Morgan fingerprint density at radius 3 is 2.56 bits per heavy atom. The Balaban J connectivity index is 1.49. The fourth-order valence-corrected chi connectivity index (χ4v) is 4.18. The Kier molecular flexibility index (Phi) is 5.10. The zero-order valence-electron chi connectivity index (χ0n) is 17.1. The lowest BCUT2D eigenvalue weighted by molar-refractivity contribution is 0.0994. The van der Waals surface area contributed by atoms with Crippen LogP contribution in [0.5, 0.6) is 11.5 Å². The number of aromatic nitrogens is 3. The number of nitrogens with zero attached hydrogens (tertiary/aromatic N) is 2. The van der Waals surface area contributed by atoms with E-state index >= 15 is 0 Å².